The van der Waals surface area contributed by atoms with Gasteiger partial charge in [0, 0.05) is 32.4 Å². The molecule has 0 aliphatic rings. The van der Waals surface area contributed by atoms with Gasteiger partial charge in [0.25, 0.3) is 0 Å². The highest BCUT2D eigenvalue weighted by Crippen LogP contribution is 2.22. The van der Waals surface area contributed by atoms with E-state index in [1.165, 1.54) is 5.56 Å². The predicted molar refractivity (Wildman–Crippen MR) is 122 cm³/mol. The SMILES string of the molecule is CCN(CCNC(=O)N(C)c1ccccc1)Cc1cccc(Oc2ccccc2)c1. The summed E-state index contributed by atoms with van der Waals surface area (Å²) >= 11 is 0. The average molecular weight is 404 g/mol. The van der Waals surface area contributed by atoms with Crippen LogP contribution in [0.4, 0.5) is 10.5 Å². The Labute approximate surface area is 178 Å². The maximum atomic E-state index is 12.4. The van der Waals surface area contributed by atoms with E-state index in [1.54, 1.807) is 11.9 Å². The van der Waals surface area contributed by atoms with Crippen LogP contribution in [0, 0.1) is 0 Å². The van der Waals surface area contributed by atoms with Gasteiger partial charge in [-0.25, -0.2) is 4.79 Å². The lowest BCUT2D eigenvalue weighted by Gasteiger charge is -2.23. The topological polar surface area (TPSA) is 44.8 Å². The van der Waals surface area contributed by atoms with Crippen molar-refractivity contribution in [2.45, 2.75) is 13.5 Å². The fraction of sp³-hybridized carbons (Fsp3) is 0.240. The summed E-state index contributed by atoms with van der Waals surface area (Å²) in [5, 5.41) is 3.00. The number of anilines is 1. The van der Waals surface area contributed by atoms with E-state index in [1.807, 2.05) is 72.8 Å². The van der Waals surface area contributed by atoms with Crippen LogP contribution in [-0.2, 0) is 6.54 Å². The Balaban J connectivity index is 1.49. The lowest BCUT2D eigenvalue weighted by Crippen LogP contribution is -2.41. The van der Waals surface area contributed by atoms with Gasteiger partial charge in [0.1, 0.15) is 11.5 Å². The number of ether oxygens (including phenoxy) is 1. The van der Waals surface area contributed by atoms with Crippen LogP contribution in [0.5, 0.6) is 11.5 Å². The molecule has 1 N–H and O–H groups in total. The molecule has 0 atom stereocenters. The van der Waals surface area contributed by atoms with Crippen LogP contribution in [0.1, 0.15) is 12.5 Å². The van der Waals surface area contributed by atoms with E-state index in [-0.39, 0.29) is 6.03 Å². The predicted octanol–water partition coefficient (Wildman–Crippen LogP) is 5.15. The first-order chi connectivity index (χ1) is 14.7. The third-order valence-electron chi connectivity index (χ3n) is 4.88. The van der Waals surface area contributed by atoms with E-state index in [2.05, 4.69) is 29.3 Å². The van der Waals surface area contributed by atoms with Crippen molar-refractivity contribution in [3.63, 3.8) is 0 Å². The smallest absolute Gasteiger partial charge is 0.321 e. The van der Waals surface area contributed by atoms with Crippen molar-refractivity contribution < 1.29 is 9.53 Å². The molecule has 0 bridgehead atoms. The Morgan fingerprint density at radius 3 is 2.27 bits per heavy atom. The van der Waals surface area contributed by atoms with E-state index in [9.17, 15) is 4.79 Å². The van der Waals surface area contributed by atoms with Gasteiger partial charge in [-0.2, -0.15) is 0 Å². The van der Waals surface area contributed by atoms with E-state index in [4.69, 9.17) is 4.74 Å². The second-order valence-corrected chi connectivity index (χ2v) is 7.06. The van der Waals surface area contributed by atoms with Crippen LogP contribution in [0.2, 0.25) is 0 Å². The lowest BCUT2D eigenvalue weighted by molar-refractivity contribution is 0.241. The van der Waals surface area contributed by atoms with Gasteiger partial charge in [-0.15, -0.1) is 0 Å². The number of amides is 2. The Bertz CT molecular complexity index is 916. The molecule has 156 valence electrons. The number of carbonyl (C=O) groups is 1. The van der Waals surface area contributed by atoms with Gasteiger partial charge >= 0.3 is 6.03 Å². The molecule has 0 spiro atoms. The molecule has 2 amide bonds. The van der Waals surface area contributed by atoms with Gasteiger partial charge in [0.15, 0.2) is 0 Å². The van der Waals surface area contributed by atoms with Crippen molar-refractivity contribution in [1.29, 1.82) is 0 Å². The van der Waals surface area contributed by atoms with Crippen molar-refractivity contribution >= 4 is 11.7 Å². The highest BCUT2D eigenvalue weighted by Gasteiger charge is 2.11. The average Bonchev–Trinajstić information content (AvgIpc) is 2.79. The molecule has 5 heteroatoms. The maximum Gasteiger partial charge on any atom is 0.321 e. The summed E-state index contributed by atoms with van der Waals surface area (Å²) in [7, 11) is 1.78. The number of rotatable bonds is 9. The summed E-state index contributed by atoms with van der Waals surface area (Å²) < 4.78 is 5.93. The quantitative estimate of drug-likeness (QED) is 0.538. The molecule has 0 radical (unpaired) electrons. The first kappa shape index (κ1) is 21.4. The minimum Gasteiger partial charge on any atom is -0.457 e. The summed E-state index contributed by atoms with van der Waals surface area (Å²) in [6.45, 7) is 5.18. The van der Waals surface area contributed by atoms with Crippen LogP contribution in [0.3, 0.4) is 0 Å². The molecule has 0 aliphatic heterocycles. The zero-order chi connectivity index (χ0) is 21.2. The van der Waals surface area contributed by atoms with Crippen LogP contribution in [0.15, 0.2) is 84.9 Å². The number of urea groups is 1. The molecule has 5 nitrogen and oxygen atoms in total. The number of likely N-dealkylation sites (N-methyl/N-ethyl adjacent to an activating group) is 1. The second-order valence-electron chi connectivity index (χ2n) is 7.06. The van der Waals surface area contributed by atoms with Crippen molar-refractivity contribution in [2.75, 3.05) is 31.6 Å². The Morgan fingerprint density at radius 2 is 1.57 bits per heavy atom. The van der Waals surface area contributed by atoms with Gasteiger partial charge in [-0.05, 0) is 48.5 Å². The van der Waals surface area contributed by atoms with Gasteiger partial charge in [-0.3, -0.25) is 9.80 Å². The fourth-order valence-corrected chi connectivity index (χ4v) is 3.15. The number of benzene rings is 3. The van der Waals surface area contributed by atoms with Crippen LogP contribution >= 0.6 is 0 Å². The molecule has 3 aromatic rings. The number of nitrogens with one attached hydrogen (secondary N) is 1. The molecule has 0 saturated carbocycles. The molecule has 0 heterocycles. The molecule has 0 unspecified atom stereocenters. The largest absolute Gasteiger partial charge is 0.457 e. The standard InChI is InChI=1S/C25H29N3O2/c1-3-28(18-17-26-25(29)27(2)22-12-6-4-7-13-22)20-21-11-10-16-24(19-21)30-23-14-8-5-9-15-23/h4-16,19H,3,17-18,20H2,1-2H3,(H,26,29). The number of hydrogen-bond donors (Lipinski definition) is 1. The van der Waals surface area contributed by atoms with Gasteiger partial charge in [0.2, 0.25) is 0 Å². The number of nitrogens with zero attached hydrogens (tertiary/aromatic N) is 2. The minimum atomic E-state index is -0.101. The van der Waals surface area contributed by atoms with Gasteiger partial charge in [0.05, 0.1) is 0 Å². The van der Waals surface area contributed by atoms with E-state index in [0.717, 1.165) is 36.8 Å². The number of carbonyl (C=O) groups excluding carboxylic acids is 1. The van der Waals surface area contributed by atoms with E-state index < -0.39 is 0 Å². The first-order valence-electron chi connectivity index (χ1n) is 10.3. The number of hydrogen-bond acceptors (Lipinski definition) is 3. The van der Waals surface area contributed by atoms with Crippen molar-refractivity contribution in [1.82, 2.24) is 10.2 Å². The van der Waals surface area contributed by atoms with Gasteiger partial charge in [-0.1, -0.05) is 55.5 Å². The first-order valence-corrected chi connectivity index (χ1v) is 10.3. The van der Waals surface area contributed by atoms with Crippen molar-refractivity contribution in [3.05, 3.63) is 90.5 Å². The number of para-hydroxylation sites is 2. The normalized spacial score (nSPS) is 10.6. The third-order valence-corrected chi connectivity index (χ3v) is 4.88. The molecule has 0 aliphatic carbocycles. The molecule has 0 aromatic heterocycles. The molecule has 3 aromatic carbocycles. The van der Waals surface area contributed by atoms with E-state index in [0.29, 0.717) is 6.54 Å². The molecule has 0 fully saturated rings. The van der Waals surface area contributed by atoms with Crippen LogP contribution in [-0.4, -0.2) is 37.6 Å². The summed E-state index contributed by atoms with van der Waals surface area (Å²) in [4.78, 5) is 16.3. The Hall–Kier alpha value is -3.31. The van der Waals surface area contributed by atoms with Crippen molar-refractivity contribution in [2.24, 2.45) is 0 Å². The molecule has 30 heavy (non-hydrogen) atoms. The van der Waals surface area contributed by atoms with E-state index >= 15 is 0 Å². The second kappa shape index (κ2) is 11.0. The summed E-state index contributed by atoms with van der Waals surface area (Å²) in [6.07, 6.45) is 0. The monoisotopic (exact) mass is 403 g/mol. The van der Waals surface area contributed by atoms with Crippen LogP contribution < -0.4 is 15.0 Å². The lowest BCUT2D eigenvalue weighted by atomic mass is 10.2. The summed E-state index contributed by atoms with van der Waals surface area (Å²) in [5.74, 6) is 1.65. The maximum absolute atomic E-state index is 12.4. The Kier molecular flexibility index (Phi) is 7.86. The zero-order valence-electron chi connectivity index (χ0n) is 17.6. The van der Waals surface area contributed by atoms with Gasteiger partial charge < -0.3 is 10.1 Å². The highest BCUT2D eigenvalue weighted by atomic mass is 16.5. The van der Waals surface area contributed by atoms with Crippen LogP contribution in [0.25, 0.3) is 0 Å². The summed E-state index contributed by atoms with van der Waals surface area (Å²) in [6, 6.07) is 27.4. The molecular weight excluding hydrogens is 374 g/mol. The highest BCUT2D eigenvalue weighted by molar-refractivity contribution is 5.91. The molecule has 0 saturated heterocycles. The zero-order valence-corrected chi connectivity index (χ0v) is 17.6. The Morgan fingerprint density at radius 1 is 0.900 bits per heavy atom. The fourth-order valence-electron chi connectivity index (χ4n) is 3.15. The van der Waals surface area contributed by atoms with Crippen molar-refractivity contribution in [3.8, 4) is 11.5 Å². The minimum absolute atomic E-state index is 0.101. The molecule has 3 rings (SSSR count). The molecular formula is C25H29N3O2. The third kappa shape index (κ3) is 6.36. The summed E-state index contributed by atoms with van der Waals surface area (Å²) in [5.41, 5.74) is 2.05.